The van der Waals surface area contributed by atoms with E-state index in [1.54, 1.807) is 6.92 Å². The van der Waals surface area contributed by atoms with Gasteiger partial charge < -0.3 is 10.5 Å². The summed E-state index contributed by atoms with van der Waals surface area (Å²) in [5.74, 6) is 1.24. The predicted molar refractivity (Wildman–Crippen MR) is 45.3 cm³/mol. The zero-order valence-corrected chi connectivity index (χ0v) is 7.19. The molecule has 0 aromatic rings. The van der Waals surface area contributed by atoms with Gasteiger partial charge >= 0.3 is 5.97 Å². The van der Waals surface area contributed by atoms with E-state index in [-0.39, 0.29) is 19.0 Å². The van der Waals surface area contributed by atoms with Crippen LogP contribution in [0, 0.1) is 18.3 Å². The van der Waals surface area contributed by atoms with Gasteiger partial charge in [-0.25, -0.2) is 0 Å². The maximum atomic E-state index is 10.8. The number of carbonyl (C=O) groups is 1. The Labute approximate surface area is 72.7 Å². The van der Waals surface area contributed by atoms with Gasteiger partial charge in [-0.15, -0.1) is 18.8 Å². The van der Waals surface area contributed by atoms with Crippen LogP contribution in [-0.2, 0) is 9.53 Å². The zero-order valence-electron chi connectivity index (χ0n) is 6.37. The van der Waals surface area contributed by atoms with Crippen molar-refractivity contribution in [1.82, 2.24) is 0 Å². The van der Waals surface area contributed by atoms with Gasteiger partial charge in [0.05, 0.1) is 6.61 Å². The fraction of sp³-hybridized carbons (Fsp3) is 0.571. The van der Waals surface area contributed by atoms with Gasteiger partial charge in [-0.1, -0.05) is 5.92 Å². The lowest BCUT2D eigenvalue weighted by Crippen LogP contribution is -2.24. The van der Waals surface area contributed by atoms with Crippen LogP contribution >= 0.6 is 12.4 Å². The third-order valence-electron chi connectivity index (χ3n) is 1.01. The van der Waals surface area contributed by atoms with Gasteiger partial charge in [0.15, 0.2) is 0 Å². The lowest BCUT2D eigenvalue weighted by atomic mass is 10.2. The molecule has 0 heterocycles. The van der Waals surface area contributed by atoms with E-state index < -0.39 is 11.9 Å². The van der Waals surface area contributed by atoms with Crippen molar-refractivity contribution in [3.05, 3.63) is 0 Å². The largest absolute Gasteiger partial charge is 0.465 e. The Morgan fingerprint density at radius 2 is 2.36 bits per heavy atom. The number of esters is 1. The molecule has 0 aromatic heterocycles. The van der Waals surface area contributed by atoms with Crippen LogP contribution < -0.4 is 5.73 Å². The van der Waals surface area contributed by atoms with Crippen LogP contribution in [0.15, 0.2) is 0 Å². The SMILES string of the molecule is C#CC(CN)C(=O)OCC.Cl. The summed E-state index contributed by atoms with van der Waals surface area (Å²) in [5, 5.41) is 0. The second-order valence-corrected chi connectivity index (χ2v) is 1.71. The molecule has 1 unspecified atom stereocenters. The standard InChI is InChI=1S/C7H11NO2.ClH/c1-3-6(5-8)7(9)10-4-2;/h1,6H,4-5,8H2,2H3;1H. The molecule has 0 saturated carbocycles. The Kier molecular flexibility index (Phi) is 8.67. The summed E-state index contributed by atoms with van der Waals surface area (Å²) in [5.41, 5.74) is 5.17. The summed E-state index contributed by atoms with van der Waals surface area (Å²) in [6.07, 6.45) is 4.98. The topological polar surface area (TPSA) is 52.3 Å². The number of terminal acetylenes is 1. The molecule has 64 valence electrons. The zero-order chi connectivity index (χ0) is 7.98. The molecule has 0 spiro atoms. The van der Waals surface area contributed by atoms with Crippen molar-refractivity contribution in [1.29, 1.82) is 0 Å². The number of hydrogen-bond donors (Lipinski definition) is 1. The highest BCUT2D eigenvalue weighted by Crippen LogP contribution is 1.94. The van der Waals surface area contributed by atoms with E-state index >= 15 is 0 Å². The first kappa shape index (κ1) is 12.9. The normalized spacial score (nSPS) is 10.6. The summed E-state index contributed by atoms with van der Waals surface area (Å²) in [7, 11) is 0. The molecular weight excluding hydrogens is 166 g/mol. The Morgan fingerprint density at radius 3 is 2.64 bits per heavy atom. The highest BCUT2D eigenvalue weighted by molar-refractivity contribution is 5.85. The molecule has 0 aliphatic rings. The molecule has 0 aromatic carbocycles. The average molecular weight is 178 g/mol. The third-order valence-corrected chi connectivity index (χ3v) is 1.01. The fourth-order valence-electron chi connectivity index (χ4n) is 0.475. The van der Waals surface area contributed by atoms with Crippen molar-refractivity contribution < 1.29 is 9.53 Å². The second kappa shape index (κ2) is 7.39. The maximum Gasteiger partial charge on any atom is 0.322 e. The lowest BCUT2D eigenvalue weighted by molar-refractivity contribution is -0.145. The van der Waals surface area contributed by atoms with Gasteiger partial charge in [0.1, 0.15) is 5.92 Å². The summed E-state index contributed by atoms with van der Waals surface area (Å²) in [4.78, 5) is 10.8. The number of rotatable bonds is 3. The molecule has 3 nitrogen and oxygen atoms in total. The monoisotopic (exact) mass is 177 g/mol. The lowest BCUT2D eigenvalue weighted by Gasteiger charge is -2.05. The summed E-state index contributed by atoms with van der Waals surface area (Å²) >= 11 is 0. The van der Waals surface area contributed by atoms with Crippen LogP contribution in [0.2, 0.25) is 0 Å². The molecule has 0 aliphatic heterocycles. The van der Waals surface area contributed by atoms with Crippen LogP contribution in [0.4, 0.5) is 0 Å². The Bertz CT molecular complexity index is 153. The Hall–Kier alpha value is -0.720. The maximum absolute atomic E-state index is 10.8. The van der Waals surface area contributed by atoms with Crippen LogP contribution in [0.5, 0.6) is 0 Å². The molecule has 0 saturated heterocycles. The Morgan fingerprint density at radius 1 is 1.82 bits per heavy atom. The van der Waals surface area contributed by atoms with Gasteiger partial charge in [0, 0.05) is 6.54 Å². The first-order valence-corrected chi connectivity index (χ1v) is 3.09. The van der Waals surface area contributed by atoms with Crippen molar-refractivity contribution in [3.63, 3.8) is 0 Å². The van der Waals surface area contributed by atoms with Crippen molar-refractivity contribution in [2.24, 2.45) is 11.7 Å². The molecule has 0 amide bonds. The second-order valence-electron chi connectivity index (χ2n) is 1.71. The van der Waals surface area contributed by atoms with E-state index in [1.165, 1.54) is 0 Å². The van der Waals surface area contributed by atoms with Gasteiger partial charge in [-0.3, -0.25) is 4.79 Å². The number of halogens is 1. The van der Waals surface area contributed by atoms with E-state index in [1.807, 2.05) is 0 Å². The van der Waals surface area contributed by atoms with Gasteiger partial charge in [0.25, 0.3) is 0 Å². The molecule has 1 atom stereocenters. The summed E-state index contributed by atoms with van der Waals surface area (Å²) in [6, 6.07) is 0. The quantitative estimate of drug-likeness (QED) is 0.494. The highest BCUT2D eigenvalue weighted by Gasteiger charge is 2.13. The van der Waals surface area contributed by atoms with Gasteiger partial charge in [-0.2, -0.15) is 0 Å². The summed E-state index contributed by atoms with van der Waals surface area (Å²) in [6.45, 7) is 2.22. The smallest absolute Gasteiger partial charge is 0.322 e. The Balaban J connectivity index is 0. The van der Waals surface area contributed by atoms with Crippen LogP contribution in [0.3, 0.4) is 0 Å². The number of nitrogens with two attached hydrogens (primary N) is 1. The minimum absolute atomic E-state index is 0. The van der Waals surface area contributed by atoms with E-state index in [0.717, 1.165) is 0 Å². The summed E-state index contributed by atoms with van der Waals surface area (Å²) < 4.78 is 4.62. The predicted octanol–water partition coefficient (Wildman–Crippen LogP) is 0.179. The number of carbonyl (C=O) groups excluding carboxylic acids is 1. The third kappa shape index (κ3) is 4.65. The number of ether oxygens (including phenoxy) is 1. The molecule has 0 aliphatic carbocycles. The van der Waals surface area contributed by atoms with E-state index in [9.17, 15) is 4.79 Å². The minimum Gasteiger partial charge on any atom is -0.465 e. The first-order chi connectivity index (χ1) is 4.76. The molecule has 0 rings (SSSR count). The van der Waals surface area contributed by atoms with Gasteiger partial charge in [0.2, 0.25) is 0 Å². The van der Waals surface area contributed by atoms with Gasteiger partial charge in [-0.05, 0) is 6.92 Å². The highest BCUT2D eigenvalue weighted by atomic mass is 35.5. The number of hydrogen-bond acceptors (Lipinski definition) is 3. The first-order valence-electron chi connectivity index (χ1n) is 3.09. The fourth-order valence-corrected chi connectivity index (χ4v) is 0.475. The van der Waals surface area contributed by atoms with Crippen molar-refractivity contribution in [3.8, 4) is 12.3 Å². The van der Waals surface area contributed by atoms with E-state index in [4.69, 9.17) is 12.2 Å². The molecule has 2 N–H and O–H groups in total. The van der Waals surface area contributed by atoms with Crippen LogP contribution in [0.1, 0.15) is 6.92 Å². The molecule has 0 bridgehead atoms. The van der Waals surface area contributed by atoms with Crippen LogP contribution in [0.25, 0.3) is 0 Å². The van der Waals surface area contributed by atoms with Crippen molar-refractivity contribution in [2.75, 3.05) is 13.2 Å². The van der Waals surface area contributed by atoms with Crippen molar-refractivity contribution >= 4 is 18.4 Å². The minimum atomic E-state index is -0.583. The molecule has 11 heavy (non-hydrogen) atoms. The van der Waals surface area contributed by atoms with Crippen molar-refractivity contribution in [2.45, 2.75) is 6.92 Å². The van der Waals surface area contributed by atoms with Crippen LogP contribution in [-0.4, -0.2) is 19.1 Å². The molecular formula is C7H12ClNO2. The molecule has 0 radical (unpaired) electrons. The van der Waals surface area contributed by atoms with E-state index in [0.29, 0.717) is 6.61 Å². The molecule has 4 heteroatoms. The average Bonchev–Trinajstić information content (AvgIpc) is 1.91. The molecule has 0 fully saturated rings. The van der Waals surface area contributed by atoms with E-state index in [2.05, 4.69) is 10.7 Å².